The molecule has 1 heterocycles. The number of rotatable bonds is 3. The summed E-state index contributed by atoms with van der Waals surface area (Å²) >= 11 is 0. The maximum absolute atomic E-state index is 11.6. The quantitative estimate of drug-likeness (QED) is 0.883. The van der Waals surface area contributed by atoms with Crippen LogP contribution >= 0.6 is 0 Å². The number of nitrogens with two attached hydrogens (primary N) is 1. The lowest BCUT2D eigenvalue weighted by molar-refractivity contribution is 0.242. The second-order valence-electron chi connectivity index (χ2n) is 4.65. The van der Waals surface area contributed by atoms with Gasteiger partial charge in [-0.15, -0.1) is 0 Å². The van der Waals surface area contributed by atoms with Crippen molar-refractivity contribution in [1.82, 2.24) is 0 Å². The average Bonchev–Trinajstić information content (AvgIpc) is 2.18. The summed E-state index contributed by atoms with van der Waals surface area (Å²) in [6.45, 7) is 3.89. The van der Waals surface area contributed by atoms with Gasteiger partial charge in [-0.1, -0.05) is 12.1 Å². The van der Waals surface area contributed by atoms with Crippen LogP contribution in [-0.2, 0) is 9.84 Å². The van der Waals surface area contributed by atoms with E-state index >= 15 is 0 Å². The zero-order chi connectivity index (χ0) is 12.6. The normalized spacial score (nSPS) is 26.6. The van der Waals surface area contributed by atoms with Gasteiger partial charge in [-0.25, -0.2) is 8.42 Å². The van der Waals surface area contributed by atoms with Crippen LogP contribution in [0.15, 0.2) is 24.3 Å². The van der Waals surface area contributed by atoms with Crippen LogP contribution < -0.4 is 10.5 Å². The molecule has 0 aromatic heterocycles. The van der Waals surface area contributed by atoms with E-state index in [9.17, 15) is 8.42 Å². The van der Waals surface area contributed by atoms with Gasteiger partial charge in [0, 0.05) is 6.04 Å². The Balaban J connectivity index is 2.18. The van der Waals surface area contributed by atoms with Crippen molar-refractivity contribution in [3.8, 4) is 5.75 Å². The Kier molecular flexibility index (Phi) is 3.14. The third-order valence-electron chi connectivity index (χ3n) is 2.78. The van der Waals surface area contributed by atoms with E-state index in [1.807, 2.05) is 13.8 Å². The Morgan fingerprint density at radius 2 is 1.88 bits per heavy atom. The summed E-state index contributed by atoms with van der Waals surface area (Å²) in [5.74, 6) is 0.830. The van der Waals surface area contributed by atoms with Gasteiger partial charge in [0.25, 0.3) is 0 Å². The van der Waals surface area contributed by atoms with E-state index in [2.05, 4.69) is 0 Å². The van der Waals surface area contributed by atoms with Gasteiger partial charge in [0.15, 0.2) is 9.84 Å². The van der Waals surface area contributed by atoms with E-state index in [1.54, 1.807) is 24.3 Å². The van der Waals surface area contributed by atoms with Crippen molar-refractivity contribution in [2.75, 3.05) is 5.75 Å². The summed E-state index contributed by atoms with van der Waals surface area (Å²) in [6.07, 6.45) is 0.107. The fourth-order valence-electron chi connectivity index (χ4n) is 2.07. The van der Waals surface area contributed by atoms with Crippen LogP contribution in [0.3, 0.4) is 0 Å². The molecule has 2 atom stereocenters. The second-order valence-corrected chi connectivity index (χ2v) is 6.82. The molecule has 1 saturated heterocycles. The Bertz CT molecular complexity index is 493. The summed E-state index contributed by atoms with van der Waals surface area (Å²) in [5, 5.41) is -0.546. The monoisotopic (exact) mass is 255 g/mol. The summed E-state index contributed by atoms with van der Waals surface area (Å²) in [5.41, 5.74) is 6.49. The predicted molar refractivity (Wildman–Crippen MR) is 66.7 cm³/mol. The molecule has 2 unspecified atom stereocenters. The Morgan fingerprint density at radius 1 is 1.29 bits per heavy atom. The lowest BCUT2D eigenvalue weighted by Crippen LogP contribution is -2.50. The van der Waals surface area contributed by atoms with Crippen molar-refractivity contribution in [2.45, 2.75) is 31.2 Å². The minimum Gasteiger partial charge on any atom is -0.491 e. The van der Waals surface area contributed by atoms with Gasteiger partial charge in [-0.3, -0.25) is 0 Å². The maximum atomic E-state index is 11.6. The molecule has 1 aliphatic rings. The van der Waals surface area contributed by atoms with Crippen LogP contribution in [-0.4, -0.2) is 26.3 Å². The molecule has 1 aromatic carbocycles. The Hall–Kier alpha value is -1.07. The van der Waals surface area contributed by atoms with E-state index < -0.39 is 15.1 Å². The van der Waals surface area contributed by atoms with Crippen molar-refractivity contribution < 1.29 is 13.2 Å². The van der Waals surface area contributed by atoms with Gasteiger partial charge in [-0.05, 0) is 31.5 Å². The molecule has 2 rings (SSSR count). The standard InChI is InChI=1S/C12H17NO3S/c1-8(2)16-10-5-3-9(4-6-10)12-11(13)7-17(12,14)15/h3-6,8,11-12H,7,13H2,1-2H3. The van der Waals surface area contributed by atoms with E-state index in [0.717, 1.165) is 11.3 Å². The van der Waals surface area contributed by atoms with E-state index in [0.29, 0.717) is 0 Å². The lowest BCUT2D eigenvalue weighted by Gasteiger charge is -2.33. The molecule has 0 saturated carbocycles. The molecular weight excluding hydrogens is 238 g/mol. The summed E-state index contributed by atoms with van der Waals surface area (Å²) in [7, 11) is -3.03. The van der Waals surface area contributed by atoms with E-state index in [1.165, 1.54) is 0 Å². The fraction of sp³-hybridized carbons (Fsp3) is 0.500. The van der Waals surface area contributed by atoms with Crippen molar-refractivity contribution >= 4 is 9.84 Å². The first-order chi connectivity index (χ1) is 7.90. The van der Waals surface area contributed by atoms with Crippen LogP contribution in [0.25, 0.3) is 0 Å². The van der Waals surface area contributed by atoms with Crippen LogP contribution in [0.2, 0.25) is 0 Å². The lowest BCUT2D eigenvalue weighted by atomic mass is 10.1. The number of hydrogen-bond acceptors (Lipinski definition) is 4. The highest BCUT2D eigenvalue weighted by Crippen LogP contribution is 2.36. The van der Waals surface area contributed by atoms with Gasteiger partial charge >= 0.3 is 0 Å². The minimum atomic E-state index is -3.03. The van der Waals surface area contributed by atoms with Crippen LogP contribution in [0, 0.1) is 0 Å². The van der Waals surface area contributed by atoms with Crippen molar-refractivity contribution in [1.29, 1.82) is 0 Å². The molecule has 2 N–H and O–H groups in total. The number of ether oxygens (including phenoxy) is 1. The van der Waals surface area contributed by atoms with Gasteiger partial charge in [0.1, 0.15) is 11.0 Å². The predicted octanol–water partition coefficient (Wildman–Crippen LogP) is 1.27. The third-order valence-corrected chi connectivity index (χ3v) is 5.03. The maximum Gasteiger partial charge on any atom is 0.160 e. The molecule has 0 bridgehead atoms. The van der Waals surface area contributed by atoms with Crippen LogP contribution in [0.5, 0.6) is 5.75 Å². The minimum absolute atomic E-state index is 0.0852. The molecule has 1 aromatic rings. The first-order valence-electron chi connectivity index (χ1n) is 5.64. The molecule has 1 aliphatic heterocycles. The highest BCUT2D eigenvalue weighted by molar-refractivity contribution is 7.93. The average molecular weight is 255 g/mol. The topological polar surface area (TPSA) is 69.4 Å². The molecule has 0 aliphatic carbocycles. The zero-order valence-electron chi connectivity index (χ0n) is 9.96. The zero-order valence-corrected chi connectivity index (χ0v) is 10.8. The molecule has 0 spiro atoms. The van der Waals surface area contributed by atoms with E-state index in [4.69, 9.17) is 10.5 Å². The first kappa shape index (κ1) is 12.4. The molecule has 5 heteroatoms. The fourth-order valence-corrected chi connectivity index (χ4v) is 3.84. The largest absolute Gasteiger partial charge is 0.491 e. The third kappa shape index (κ3) is 2.45. The molecular formula is C12H17NO3S. The molecule has 94 valence electrons. The SMILES string of the molecule is CC(C)Oc1ccc(C2C(N)CS2(=O)=O)cc1. The Morgan fingerprint density at radius 3 is 2.29 bits per heavy atom. The van der Waals surface area contributed by atoms with Crippen LogP contribution in [0.1, 0.15) is 24.7 Å². The highest BCUT2D eigenvalue weighted by atomic mass is 32.2. The van der Waals surface area contributed by atoms with Gasteiger partial charge in [0.05, 0.1) is 11.9 Å². The van der Waals surface area contributed by atoms with Gasteiger partial charge in [0.2, 0.25) is 0 Å². The molecule has 17 heavy (non-hydrogen) atoms. The highest BCUT2D eigenvalue weighted by Gasteiger charge is 2.44. The molecule has 4 nitrogen and oxygen atoms in total. The van der Waals surface area contributed by atoms with Crippen molar-refractivity contribution in [3.63, 3.8) is 0 Å². The number of sulfone groups is 1. The molecule has 1 fully saturated rings. The summed E-state index contributed by atoms with van der Waals surface area (Å²) < 4.78 is 28.7. The number of hydrogen-bond donors (Lipinski definition) is 1. The van der Waals surface area contributed by atoms with Gasteiger partial charge < -0.3 is 10.5 Å². The summed E-state index contributed by atoms with van der Waals surface area (Å²) in [6, 6.07) is 6.85. The second kappa shape index (κ2) is 4.31. The summed E-state index contributed by atoms with van der Waals surface area (Å²) in [4.78, 5) is 0. The van der Waals surface area contributed by atoms with Crippen molar-refractivity contribution in [2.24, 2.45) is 5.73 Å². The van der Waals surface area contributed by atoms with Crippen LogP contribution in [0.4, 0.5) is 0 Å². The van der Waals surface area contributed by atoms with E-state index in [-0.39, 0.29) is 17.9 Å². The molecule has 0 amide bonds. The Labute approximate surface area is 102 Å². The molecule has 0 radical (unpaired) electrons. The number of benzene rings is 1. The van der Waals surface area contributed by atoms with Crippen molar-refractivity contribution in [3.05, 3.63) is 29.8 Å². The van der Waals surface area contributed by atoms with Gasteiger partial charge in [-0.2, -0.15) is 0 Å². The smallest absolute Gasteiger partial charge is 0.160 e. The first-order valence-corrected chi connectivity index (χ1v) is 7.35.